The summed E-state index contributed by atoms with van der Waals surface area (Å²) in [5.74, 6) is -0.163. The third-order valence-electron chi connectivity index (χ3n) is 1.91. The predicted octanol–water partition coefficient (Wildman–Crippen LogP) is 1.70. The Hall–Kier alpha value is -1.95. The molecule has 0 bridgehead atoms. The summed E-state index contributed by atoms with van der Waals surface area (Å²) in [6.07, 6.45) is 1.48. The molecule has 2 heterocycles. The molecule has 0 fully saturated rings. The number of halogens is 1. The van der Waals surface area contributed by atoms with Crippen LogP contribution in [0, 0.1) is 0 Å². The van der Waals surface area contributed by atoms with E-state index in [2.05, 4.69) is 20.2 Å². The lowest BCUT2D eigenvalue weighted by Crippen LogP contribution is -2.06. The molecule has 2 aromatic rings. The molecule has 2 aromatic heterocycles. The molecule has 88 valence electrons. The summed E-state index contributed by atoms with van der Waals surface area (Å²) in [4.78, 5) is 19.4. The van der Waals surface area contributed by atoms with Crippen molar-refractivity contribution in [3.63, 3.8) is 0 Å². The minimum absolute atomic E-state index is 0.0543. The van der Waals surface area contributed by atoms with E-state index in [0.717, 1.165) is 0 Å². The molecule has 0 saturated carbocycles. The van der Waals surface area contributed by atoms with Crippen LogP contribution in [0.3, 0.4) is 0 Å². The first-order chi connectivity index (χ1) is 8.20. The van der Waals surface area contributed by atoms with Crippen LogP contribution < -0.4 is 0 Å². The molecule has 6 nitrogen and oxygen atoms in total. The van der Waals surface area contributed by atoms with E-state index in [1.54, 1.807) is 19.1 Å². The predicted molar refractivity (Wildman–Crippen MR) is 60.6 cm³/mol. The number of carbonyl (C=O) groups excluding carboxylic acids is 1. The molecule has 0 unspecified atom stereocenters. The highest BCUT2D eigenvalue weighted by molar-refractivity contribution is 6.30. The second-order valence-electron chi connectivity index (χ2n) is 3.09. The van der Waals surface area contributed by atoms with Gasteiger partial charge in [-0.3, -0.25) is 10.1 Å². The lowest BCUT2D eigenvalue weighted by atomic mass is 10.3. The SMILES string of the molecule is CCOC(=O)c1nc(-c2ccc(Cl)cn2)n[nH]1. The fourth-order valence-corrected chi connectivity index (χ4v) is 1.29. The van der Waals surface area contributed by atoms with Crippen molar-refractivity contribution in [2.24, 2.45) is 0 Å². The Balaban J connectivity index is 2.23. The zero-order chi connectivity index (χ0) is 12.3. The molecule has 0 atom stereocenters. The summed E-state index contributed by atoms with van der Waals surface area (Å²) < 4.78 is 4.78. The Kier molecular flexibility index (Phi) is 3.34. The molecular formula is C10H9ClN4O2. The van der Waals surface area contributed by atoms with Crippen molar-refractivity contribution >= 4 is 17.6 Å². The fourth-order valence-electron chi connectivity index (χ4n) is 1.18. The van der Waals surface area contributed by atoms with Crippen molar-refractivity contribution in [2.45, 2.75) is 6.92 Å². The van der Waals surface area contributed by atoms with Gasteiger partial charge in [-0.25, -0.2) is 4.79 Å². The maximum atomic E-state index is 11.3. The van der Waals surface area contributed by atoms with Crippen LogP contribution in [0.4, 0.5) is 0 Å². The zero-order valence-electron chi connectivity index (χ0n) is 8.98. The number of esters is 1. The van der Waals surface area contributed by atoms with E-state index < -0.39 is 5.97 Å². The Bertz CT molecular complexity index is 523. The van der Waals surface area contributed by atoms with Gasteiger partial charge in [-0.2, -0.15) is 10.1 Å². The van der Waals surface area contributed by atoms with Gasteiger partial charge in [-0.05, 0) is 19.1 Å². The van der Waals surface area contributed by atoms with Crippen LogP contribution >= 0.6 is 11.6 Å². The number of aromatic nitrogens is 4. The molecule has 0 aromatic carbocycles. The molecule has 0 aliphatic rings. The average molecular weight is 253 g/mol. The molecular weight excluding hydrogens is 244 g/mol. The quantitative estimate of drug-likeness (QED) is 0.841. The van der Waals surface area contributed by atoms with Gasteiger partial charge in [0.25, 0.3) is 0 Å². The van der Waals surface area contributed by atoms with Crippen LogP contribution in [-0.4, -0.2) is 32.7 Å². The number of rotatable bonds is 3. The van der Waals surface area contributed by atoms with Crippen molar-refractivity contribution in [2.75, 3.05) is 6.61 Å². The molecule has 0 aliphatic carbocycles. The van der Waals surface area contributed by atoms with E-state index in [9.17, 15) is 4.79 Å². The zero-order valence-corrected chi connectivity index (χ0v) is 9.73. The van der Waals surface area contributed by atoms with E-state index in [0.29, 0.717) is 16.5 Å². The Labute approximate surface area is 102 Å². The summed E-state index contributed by atoms with van der Waals surface area (Å²) in [6.45, 7) is 2.00. The highest BCUT2D eigenvalue weighted by Crippen LogP contribution is 2.14. The number of carbonyl (C=O) groups is 1. The standard InChI is InChI=1S/C10H9ClN4O2/c1-2-17-10(16)9-13-8(14-15-9)7-4-3-6(11)5-12-7/h3-5H,2H2,1H3,(H,13,14,15). The topological polar surface area (TPSA) is 80.8 Å². The molecule has 0 spiro atoms. The Morgan fingerprint density at radius 1 is 1.53 bits per heavy atom. The van der Waals surface area contributed by atoms with Crippen molar-refractivity contribution in [3.05, 3.63) is 29.2 Å². The minimum atomic E-state index is -0.541. The van der Waals surface area contributed by atoms with Crippen molar-refractivity contribution in [1.29, 1.82) is 0 Å². The van der Waals surface area contributed by atoms with Crippen molar-refractivity contribution in [1.82, 2.24) is 20.2 Å². The molecule has 0 saturated heterocycles. The van der Waals surface area contributed by atoms with Gasteiger partial charge in [0.05, 0.1) is 11.6 Å². The van der Waals surface area contributed by atoms with Gasteiger partial charge in [0.1, 0.15) is 5.69 Å². The third-order valence-corrected chi connectivity index (χ3v) is 2.13. The number of hydrogen-bond donors (Lipinski definition) is 1. The van der Waals surface area contributed by atoms with E-state index in [1.165, 1.54) is 6.20 Å². The number of aromatic amines is 1. The van der Waals surface area contributed by atoms with E-state index >= 15 is 0 Å². The lowest BCUT2D eigenvalue weighted by Gasteiger charge is -1.95. The highest BCUT2D eigenvalue weighted by atomic mass is 35.5. The van der Waals surface area contributed by atoms with Crippen molar-refractivity contribution < 1.29 is 9.53 Å². The number of nitrogens with zero attached hydrogens (tertiary/aromatic N) is 3. The molecule has 0 radical (unpaired) electrons. The number of H-pyrrole nitrogens is 1. The van der Waals surface area contributed by atoms with Crippen LogP contribution in [0.25, 0.3) is 11.5 Å². The molecule has 0 aliphatic heterocycles. The van der Waals surface area contributed by atoms with Gasteiger partial charge in [0.2, 0.25) is 5.82 Å². The highest BCUT2D eigenvalue weighted by Gasteiger charge is 2.14. The van der Waals surface area contributed by atoms with Crippen LogP contribution in [0.1, 0.15) is 17.5 Å². The summed E-state index contributed by atoms with van der Waals surface area (Å²) in [7, 11) is 0. The normalized spacial score (nSPS) is 10.2. The van der Waals surface area contributed by atoms with Gasteiger partial charge in [0, 0.05) is 6.20 Å². The molecule has 17 heavy (non-hydrogen) atoms. The van der Waals surface area contributed by atoms with Crippen LogP contribution in [0.2, 0.25) is 5.02 Å². The molecule has 7 heteroatoms. The first kappa shape index (κ1) is 11.5. The smallest absolute Gasteiger partial charge is 0.375 e. The largest absolute Gasteiger partial charge is 0.460 e. The maximum absolute atomic E-state index is 11.3. The second-order valence-corrected chi connectivity index (χ2v) is 3.53. The van der Waals surface area contributed by atoms with Gasteiger partial charge < -0.3 is 4.74 Å². The molecule has 2 rings (SSSR count). The monoisotopic (exact) mass is 252 g/mol. The van der Waals surface area contributed by atoms with Gasteiger partial charge in [0.15, 0.2) is 5.82 Å². The summed E-state index contributed by atoms with van der Waals surface area (Å²) in [5.41, 5.74) is 0.529. The summed E-state index contributed by atoms with van der Waals surface area (Å²) >= 11 is 5.71. The minimum Gasteiger partial charge on any atom is -0.460 e. The number of ether oxygens (including phenoxy) is 1. The third kappa shape index (κ3) is 2.59. The lowest BCUT2D eigenvalue weighted by molar-refractivity contribution is 0.0512. The number of nitrogens with one attached hydrogen (secondary N) is 1. The Morgan fingerprint density at radius 3 is 3.00 bits per heavy atom. The van der Waals surface area contributed by atoms with Gasteiger partial charge >= 0.3 is 5.97 Å². The van der Waals surface area contributed by atoms with Gasteiger partial charge in [-0.1, -0.05) is 11.6 Å². The van der Waals surface area contributed by atoms with Crippen LogP contribution in [0.15, 0.2) is 18.3 Å². The molecule has 0 amide bonds. The first-order valence-electron chi connectivity index (χ1n) is 4.92. The van der Waals surface area contributed by atoms with E-state index in [4.69, 9.17) is 16.3 Å². The summed E-state index contributed by atoms with van der Waals surface area (Å²) in [5, 5.41) is 6.89. The van der Waals surface area contributed by atoms with E-state index in [1.807, 2.05) is 0 Å². The number of pyridine rings is 1. The van der Waals surface area contributed by atoms with Crippen molar-refractivity contribution in [3.8, 4) is 11.5 Å². The van der Waals surface area contributed by atoms with Crippen LogP contribution in [-0.2, 0) is 4.74 Å². The van der Waals surface area contributed by atoms with E-state index in [-0.39, 0.29) is 12.4 Å². The second kappa shape index (κ2) is 4.92. The fraction of sp³-hybridized carbons (Fsp3) is 0.200. The first-order valence-corrected chi connectivity index (χ1v) is 5.30. The van der Waals surface area contributed by atoms with Gasteiger partial charge in [-0.15, -0.1) is 0 Å². The maximum Gasteiger partial charge on any atom is 0.375 e. The molecule has 1 N–H and O–H groups in total. The van der Waals surface area contributed by atoms with Crippen LogP contribution in [0.5, 0.6) is 0 Å². The number of hydrogen-bond acceptors (Lipinski definition) is 5. The average Bonchev–Trinajstić information content (AvgIpc) is 2.80. The summed E-state index contributed by atoms with van der Waals surface area (Å²) in [6, 6.07) is 3.34. The Morgan fingerprint density at radius 2 is 2.35 bits per heavy atom.